The average molecular weight is 339 g/mol. The normalized spacial score (nSPS) is 13.8. The van der Waals surface area contributed by atoms with Crippen molar-refractivity contribution in [1.82, 2.24) is 9.97 Å². The fourth-order valence-electron chi connectivity index (χ4n) is 3.30. The van der Waals surface area contributed by atoms with Crippen LogP contribution >= 0.6 is 11.3 Å². The number of ether oxygens (including phenoxy) is 1. The third-order valence-electron chi connectivity index (χ3n) is 4.44. The summed E-state index contributed by atoms with van der Waals surface area (Å²) in [5.74, 6) is 0.552. The summed E-state index contributed by atoms with van der Waals surface area (Å²) in [6, 6.07) is 8.42. The first-order chi connectivity index (χ1) is 11.7. The molecular formula is C18H17N3O2S. The van der Waals surface area contributed by atoms with Gasteiger partial charge in [-0.25, -0.2) is 14.8 Å². The molecular weight excluding hydrogens is 322 g/mol. The largest absolute Gasteiger partial charge is 0.465 e. The maximum atomic E-state index is 12.0. The minimum atomic E-state index is -0.319. The van der Waals surface area contributed by atoms with Gasteiger partial charge in [0, 0.05) is 12.2 Å². The lowest BCUT2D eigenvalue weighted by Crippen LogP contribution is -2.25. The maximum absolute atomic E-state index is 12.0. The van der Waals surface area contributed by atoms with Crippen LogP contribution in [0.3, 0.4) is 0 Å². The number of benzene rings is 1. The number of thiophene rings is 1. The van der Waals surface area contributed by atoms with E-state index >= 15 is 0 Å². The molecule has 0 atom stereocenters. The maximum Gasteiger partial charge on any atom is 0.348 e. The van der Waals surface area contributed by atoms with E-state index in [9.17, 15) is 4.79 Å². The Morgan fingerprint density at radius 1 is 1.29 bits per heavy atom. The van der Waals surface area contributed by atoms with Crippen molar-refractivity contribution in [2.45, 2.75) is 19.8 Å². The lowest BCUT2D eigenvalue weighted by Gasteiger charge is -2.30. The van der Waals surface area contributed by atoms with E-state index < -0.39 is 0 Å². The minimum absolute atomic E-state index is 0.319. The molecule has 2 aromatic heterocycles. The molecule has 122 valence electrons. The molecule has 3 heterocycles. The summed E-state index contributed by atoms with van der Waals surface area (Å²) >= 11 is 1.36. The number of fused-ring (bicyclic) bond motifs is 2. The van der Waals surface area contributed by atoms with E-state index in [1.165, 1.54) is 29.7 Å². The Labute approximate surface area is 143 Å². The van der Waals surface area contributed by atoms with Crippen LogP contribution in [-0.2, 0) is 11.2 Å². The van der Waals surface area contributed by atoms with Gasteiger partial charge in [-0.3, -0.25) is 0 Å². The molecule has 4 rings (SSSR count). The predicted molar refractivity (Wildman–Crippen MR) is 95.3 cm³/mol. The van der Waals surface area contributed by atoms with Crippen LogP contribution in [0.4, 0.5) is 11.5 Å². The lowest BCUT2D eigenvalue weighted by atomic mass is 10.0. The molecule has 0 amide bonds. The Bertz CT molecular complexity index is 935. The van der Waals surface area contributed by atoms with Gasteiger partial charge in [-0.05, 0) is 37.0 Å². The number of carbonyl (C=O) groups excluding carboxylic acids is 1. The van der Waals surface area contributed by atoms with E-state index in [-0.39, 0.29) is 5.97 Å². The molecule has 0 aliphatic carbocycles. The molecule has 1 aliphatic rings. The average Bonchev–Trinajstić information content (AvgIpc) is 2.97. The van der Waals surface area contributed by atoms with Crippen molar-refractivity contribution < 1.29 is 9.53 Å². The van der Waals surface area contributed by atoms with Crippen LogP contribution in [0, 0.1) is 6.92 Å². The van der Waals surface area contributed by atoms with Gasteiger partial charge in [0.05, 0.1) is 12.5 Å². The molecule has 5 nitrogen and oxygen atoms in total. The fraction of sp³-hybridized carbons (Fsp3) is 0.278. The van der Waals surface area contributed by atoms with Gasteiger partial charge >= 0.3 is 5.97 Å². The van der Waals surface area contributed by atoms with Crippen LogP contribution in [0.1, 0.15) is 27.2 Å². The van der Waals surface area contributed by atoms with Gasteiger partial charge in [0.2, 0.25) is 0 Å². The molecule has 0 saturated heterocycles. The summed E-state index contributed by atoms with van der Waals surface area (Å²) in [5.41, 5.74) is 3.41. The number of esters is 1. The molecule has 1 aromatic carbocycles. The first kappa shape index (κ1) is 15.1. The van der Waals surface area contributed by atoms with Gasteiger partial charge in [-0.1, -0.05) is 18.2 Å². The topological polar surface area (TPSA) is 55.3 Å². The van der Waals surface area contributed by atoms with E-state index in [0.29, 0.717) is 4.88 Å². The number of hydrogen-bond donors (Lipinski definition) is 0. The van der Waals surface area contributed by atoms with Crippen molar-refractivity contribution in [1.29, 1.82) is 0 Å². The monoisotopic (exact) mass is 339 g/mol. The Hall–Kier alpha value is -2.47. The minimum Gasteiger partial charge on any atom is -0.465 e. The molecule has 0 bridgehead atoms. The summed E-state index contributed by atoms with van der Waals surface area (Å²) < 4.78 is 4.90. The molecule has 0 spiro atoms. The molecule has 3 aromatic rings. The zero-order chi connectivity index (χ0) is 16.7. The van der Waals surface area contributed by atoms with Crippen LogP contribution in [-0.4, -0.2) is 29.6 Å². The van der Waals surface area contributed by atoms with Crippen LogP contribution in [0.5, 0.6) is 0 Å². The van der Waals surface area contributed by atoms with Gasteiger partial charge in [0.15, 0.2) is 0 Å². The van der Waals surface area contributed by atoms with Gasteiger partial charge < -0.3 is 9.64 Å². The van der Waals surface area contributed by atoms with Gasteiger partial charge in [-0.15, -0.1) is 11.3 Å². The van der Waals surface area contributed by atoms with Crippen molar-refractivity contribution >= 4 is 39.0 Å². The zero-order valence-corrected chi connectivity index (χ0v) is 14.4. The quantitative estimate of drug-likeness (QED) is 0.663. The molecule has 0 N–H and O–H groups in total. The first-order valence-electron chi connectivity index (χ1n) is 7.88. The third-order valence-corrected chi connectivity index (χ3v) is 5.62. The molecule has 0 unspecified atom stereocenters. The number of nitrogens with zero attached hydrogens (tertiary/aromatic N) is 3. The summed E-state index contributed by atoms with van der Waals surface area (Å²) in [5, 5.41) is 0.944. The number of hydrogen-bond acceptors (Lipinski definition) is 6. The summed E-state index contributed by atoms with van der Waals surface area (Å²) in [4.78, 5) is 24.6. The number of para-hydroxylation sites is 1. The van der Waals surface area contributed by atoms with Gasteiger partial charge in [0.1, 0.15) is 21.9 Å². The Morgan fingerprint density at radius 2 is 2.12 bits per heavy atom. The van der Waals surface area contributed by atoms with Crippen LogP contribution < -0.4 is 4.90 Å². The van der Waals surface area contributed by atoms with Crippen molar-refractivity contribution in [2.75, 3.05) is 18.6 Å². The first-order valence-corrected chi connectivity index (χ1v) is 8.70. The van der Waals surface area contributed by atoms with E-state index in [2.05, 4.69) is 39.1 Å². The van der Waals surface area contributed by atoms with Crippen molar-refractivity contribution in [3.8, 4) is 0 Å². The molecule has 6 heteroatoms. The standard InChI is InChI=1S/C18H17N3O2S/c1-11-14-16(19-10-20-17(14)24-15(11)18(22)23-2)21-9-5-7-12-6-3-4-8-13(12)21/h3-4,6,8,10H,5,7,9H2,1-2H3. The number of aromatic nitrogens is 2. The summed E-state index contributed by atoms with van der Waals surface area (Å²) in [7, 11) is 1.40. The zero-order valence-electron chi connectivity index (χ0n) is 13.6. The van der Waals surface area contributed by atoms with E-state index in [4.69, 9.17) is 4.74 Å². The second kappa shape index (κ2) is 5.87. The van der Waals surface area contributed by atoms with Crippen LogP contribution in [0.2, 0.25) is 0 Å². The van der Waals surface area contributed by atoms with E-state index in [1.807, 2.05) is 6.92 Å². The second-order valence-electron chi connectivity index (χ2n) is 5.81. The van der Waals surface area contributed by atoms with Gasteiger partial charge in [-0.2, -0.15) is 0 Å². The molecule has 0 fully saturated rings. The Balaban J connectivity index is 1.92. The number of carbonyl (C=O) groups is 1. The van der Waals surface area contributed by atoms with Crippen LogP contribution in [0.25, 0.3) is 10.2 Å². The van der Waals surface area contributed by atoms with Crippen LogP contribution in [0.15, 0.2) is 30.6 Å². The highest BCUT2D eigenvalue weighted by molar-refractivity contribution is 7.20. The van der Waals surface area contributed by atoms with Crippen molar-refractivity contribution in [3.05, 3.63) is 46.6 Å². The molecule has 24 heavy (non-hydrogen) atoms. The van der Waals surface area contributed by atoms with E-state index in [1.54, 1.807) is 6.33 Å². The van der Waals surface area contributed by atoms with Crippen molar-refractivity contribution in [3.63, 3.8) is 0 Å². The highest BCUT2D eigenvalue weighted by atomic mass is 32.1. The summed E-state index contributed by atoms with van der Waals surface area (Å²) in [6.45, 7) is 2.85. The number of methoxy groups -OCH3 is 1. The smallest absolute Gasteiger partial charge is 0.348 e. The third kappa shape index (κ3) is 2.26. The SMILES string of the molecule is COC(=O)c1sc2ncnc(N3CCCc4ccccc43)c2c1C. The lowest BCUT2D eigenvalue weighted by molar-refractivity contribution is 0.0605. The number of rotatable bonds is 2. The van der Waals surface area contributed by atoms with Gasteiger partial charge in [0.25, 0.3) is 0 Å². The number of aryl methyl sites for hydroxylation is 2. The Morgan fingerprint density at radius 3 is 2.96 bits per heavy atom. The molecule has 0 saturated carbocycles. The predicted octanol–water partition coefficient (Wildman–Crippen LogP) is 3.87. The molecule has 0 radical (unpaired) electrons. The second-order valence-corrected chi connectivity index (χ2v) is 6.81. The highest BCUT2D eigenvalue weighted by Gasteiger charge is 2.25. The highest BCUT2D eigenvalue weighted by Crippen LogP contribution is 2.40. The Kier molecular flexibility index (Phi) is 3.69. The summed E-state index contributed by atoms with van der Waals surface area (Å²) in [6.07, 6.45) is 3.73. The van der Waals surface area contributed by atoms with Crippen molar-refractivity contribution in [2.24, 2.45) is 0 Å². The fourth-order valence-corrected chi connectivity index (χ4v) is 4.36. The number of anilines is 2. The molecule has 1 aliphatic heterocycles. The van der Waals surface area contributed by atoms with E-state index in [0.717, 1.165) is 41.0 Å².